The fraction of sp³-hybridized carbons (Fsp3) is 0.867. The maximum absolute atomic E-state index is 10.1. The SMILES string of the molecule is CC(O)COC(C)CO.O=C(O)CCCCCCCC(=O)O. The van der Waals surface area contributed by atoms with Crippen LogP contribution in [0.15, 0.2) is 0 Å². The van der Waals surface area contributed by atoms with Crippen molar-refractivity contribution in [2.24, 2.45) is 0 Å². The third-order valence-electron chi connectivity index (χ3n) is 2.66. The molecule has 0 saturated carbocycles. The summed E-state index contributed by atoms with van der Waals surface area (Å²) >= 11 is 0. The largest absolute Gasteiger partial charge is 0.481 e. The van der Waals surface area contributed by atoms with Crippen molar-refractivity contribution in [1.82, 2.24) is 0 Å². The predicted molar refractivity (Wildman–Crippen MR) is 81.8 cm³/mol. The minimum Gasteiger partial charge on any atom is -0.481 e. The Morgan fingerprint density at radius 1 is 0.909 bits per heavy atom. The molecule has 0 amide bonds. The van der Waals surface area contributed by atoms with E-state index in [4.69, 9.17) is 25.2 Å². The zero-order valence-corrected chi connectivity index (χ0v) is 13.5. The lowest BCUT2D eigenvalue weighted by molar-refractivity contribution is -0.138. The molecular formula is C15H30O7. The summed E-state index contributed by atoms with van der Waals surface area (Å²) in [5.74, 6) is -1.52. The van der Waals surface area contributed by atoms with Crippen molar-refractivity contribution in [2.75, 3.05) is 13.2 Å². The number of ether oxygens (including phenoxy) is 1. The molecule has 7 nitrogen and oxygen atoms in total. The van der Waals surface area contributed by atoms with Crippen LogP contribution in [0.5, 0.6) is 0 Å². The smallest absolute Gasteiger partial charge is 0.303 e. The van der Waals surface area contributed by atoms with Gasteiger partial charge in [-0.15, -0.1) is 0 Å². The second-order valence-electron chi connectivity index (χ2n) is 5.23. The second kappa shape index (κ2) is 16.2. The fourth-order valence-corrected chi connectivity index (χ4v) is 1.44. The molecule has 0 aromatic rings. The number of aliphatic hydroxyl groups is 2. The Labute approximate surface area is 131 Å². The molecule has 4 N–H and O–H groups in total. The monoisotopic (exact) mass is 322 g/mol. The maximum atomic E-state index is 10.1. The van der Waals surface area contributed by atoms with Crippen molar-refractivity contribution >= 4 is 11.9 Å². The predicted octanol–water partition coefficient (Wildman–Crippen LogP) is 1.65. The highest BCUT2D eigenvalue weighted by atomic mass is 16.5. The van der Waals surface area contributed by atoms with Gasteiger partial charge in [0, 0.05) is 12.8 Å². The van der Waals surface area contributed by atoms with Crippen molar-refractivity contribution in [2.45, 2.75) is 71.0 Å². The summed E-state index contributed by atoms with van der Waals surface area (Å²) in [6.45, 7) is 3.70. The van der Waals surface area contributed by atoms with Crippen molar-refractivity contribution in [3.05, 3.63) is 0 Å². The Hall–Kier alpha value is -1.18. The number of aliphatic carboxylic acids is 2. The highest BCUT2D eigenvalue weighted by molar-refractivity contribution is 5.66. The van der Waals surface area contributed by atoms with Crippen LogP contribution in [0.1, 0.15) is 58.8 Å². The standard InChI is InChI=1S/C9H16O4.C6H14O3/c10-8(11)6-4-2-1-3-5-7-9(12)13;1-5(8)4-9-6(2)3-7/h1-7H2,(H,10,11)(H,12,13);5-8H,3-4H2,1-2H3. The topological polar surface area (TPSA) is 124 Å². The van der Waals surface area contributed by atoms with Gasteiger partial charge in [0.2, 0.25) is 0 Å². The van der Waals surface area contributed by atoms with Crippen molar-refractivity contribution in [3.8, 4) is 0 Å². The molecule has 22 heavy (non-hydrogen) atoms. The van der Waals surface area contributed by atoms with Gasteiger partial charge >= 0.3 is 11.9 Å². The first-order chi connectivity index (χ1) is 10.3. The molecule has 0 radical (unpaired) electrons. The van der Waals surface area contributed by atoms with E-state index < -0.39 is 18.0 Å². The fourth-order valence-electron chi connectivity index (χ4n) is 1.44. The van der Waals surface area contributed by atoms with E-state index in [1.54, 1.807) is 13.8 Å². The van der Waals surface area contributed by atoms with E-state index in [2.05, 4.69) is 0 Å². The summed E-state index contributed by atoms with van der Waals surface area (Å²) in [4.78, 5) is 20.2. The number of hydrogen-bond donors (Lipinski definition) is 4. The Morgan fingerprint density at radius 3 is 1.64 bits per heavy atom. The molecule has 0 rings (SSSR count). The van der Waals surface area contributed by atoms with Crippen LogP contribution in [-0.4, -0.2) is 57.8 Å². The number of hydrogen-bond acceptors (Lipinski definition) is 5. The van der Waals surface area contributed by atoms with E-state index >= 15 is 0 Å². The average Bonchev–Trinajstić information content (AvgIpc) is 2.43. The zero-order valence-electron chi connectivity index (χ0n) is 13.5. The lowest BCUT2D eigenvalue weighted by Crippen LogP contribution is -2.19. The average molecular weight is 322 g/mol. The molecule has 132 valence electrons. The Balaban J connectivity index is 0. The molecule has 0 aromatic carbocycles. The Kier molecular flexibility index (Phi) is 17.0. The minimum absolute atomic E-state index is 0.00667. The van der Waals surface area contributed by atoms with Crippen LogP contribution in [0.4, 0.5) is 0 Å². The van der Waals surface area contributed by atoms with Gasteiger partial charge in [0.15, 0.2) is 0 Å². The van der Waals surface area contributed by atoms with Gasteiger partial charge < -0.3 is 25.2 Å². The maximum Gasteiger partial charge on any atom is 0.303 e. The lowest BCUT2D eigenvalue weighted by Gasteiger charge is -2.10. The van der Waals surface area contributed by atoms with Crippen LogP contribution >= 0.6 is 0 Å². The molecular weight excluding hydrogens is 292 g/mol. The molecule has 2 atom stereocenters. The van der Waals surface area contributed by atoms with Gasteiger partial charge in [-0.25, -0.2) is 0 Å². The van der Waals surface area contributed by atoms with Crippen molar-refractivity contribution in [3.63, 3.8) is 0 Å². The minimum atomic E-state index is -0.759. The van der Waals surface area contributed by atoms with Crippen LogP contribution in [-0.2, 0) is 14.3 Å². The number of aliphatic hydroxyl groups excluding tert-OH is 2. The summed E-state index contributed by atoms with van der Waals surface area (Å²) in [7, 11) is 0. The van der Waals surface area contributed by atoms with Crippen LogP contribution in [0.3, 0.4) is 0 Å². The molecule has 0 bridgehead atoms. The van der Waals surface area contributed by atoms with E-state index in [9.17, 15) is 9.59 Å². The number of unbranched alkanes of at least 4 members (excludes halogenated alkanes) is 4. The molecule has 2 unspecified atom stereocenters. The van der Waals surface area contributed by atoms with E-state index in [1.807, 2.05) is 0 Å². The Bertz CT molecular complexity index is 261. The quantitative estimate of drug-likeness (QED) is 0.403. The zero-order chi connectivity index (χ0) is 17.4. The Morgan fingerprint density at radius 2 is 1.32 bits per heavy atom. The molecule has 0 heterocycles. The summed E-state index contributed by atoms with van der Waals surface area (Å²) in [5, 5.41) is 33.8. The molecule has 0 aliphatic rings. The lowest BCUT2D eigenvalue weighted by atomic mass is 10.1. The van der Waals surface area contributed by atoms with Gasteiger partial charge in [-0.05, 0) is 26.7 Å². The van der Waals surface area contributed by atoms with E-state index in [1.165, 1.54) is 0 Å². The molecule has 0 spiro atoms. The van der Waals surface area contributed by atoms with Crippen LogP contribution < -0.4 is 0 Å². The third-order valence-corrected chi connectivity index (χ3v) is 2.66. The van der Waals surface area contributed by atoms with E-state index in [-0.39, 0.29) is 25.6 Å². The van der Waals surface area contributed by atoms with E-state index in [0.717, 1.165) is 19.3 Å². The van der Waals surface area contributed by atoms with Crippen LogP contribution in [0.2, 0.25) is 0 Å². The number of carboxylic acid groups (broad SMARTS) is 2. The summed E-state index contributed by atoms with van der Waals surface area (Å²) in [6.07, 6.45) is 3.92. The highest BCUT2D eigenvalue weighted by Crippen LogP contribution is 2.06. The first-order valence-electron chi connectivity index (χ1n) is 7.63. The molecule has 0 aliphatic heterocycles. The molecule has 0 saturated heterocycles. The highest BCUT2D eigenvalue weighted by Gasteiger charge is 2.01. The molecule has 7 heteroatoms. The van der Waals surface area contributed by atoms with Gasteiger partial charge in [0.25, 0.3) is 0 Å². The second-order valence-corrected chi connectivity index (χ2v) is 5.23. The van der Waals surface area contributed by atoms with Gasteiger partial charge in [-0.1, -0.05) is 19.3 Å². The first-order valence-corrected chi connectivity index (χ1v) is 7.63. The molecule has 0 aliphatic carbocycles. The molecule has 0 fully saturated rings. The number of carbonyl (C=O) groups is 2. The molecule has 0 aromatic heterocycles. The van der Waals surface area contributed by atoms with Crippen molar-refractivity contribution < 1.29 is 34.8 Å². The summed E-state index contributed by atoms with van der Waals surface area (Å²) < 4.78 is 4.95. The number of carboxylic acids is 2. The van der Waals surface area contributed by atoms with Gasteiger partial charge in [-0.3, -0.25) is 9.59 Å². The third kappa shape index (κ3) is 23.9. The van der Waals surface area contributed by atoms with Gasteiger partial charge in [0.1, 0.15) is 0 Å². The van der Waals surface area contributed by atoms with Gasteiger partial charge in [0.05, 0.1) is 25.4 Å². The van der Waals surface area contributed by atoms with Gasteiger partial charge in [-0.2, -0.15) is 0 Å². The normalized spacial score (nSPS) is 12.9. The van der Waals surface area contributed by atoms with Crippen molar-refractivity contribution in [1.29, 1.82) is 0 Å². The van der Waals surface area contributed by atoms with Crippen LogP contribution in [0.25, 0.3) is 0 Å². The van der Waals surface area contributed by atoms with E-state index in [0.29, 0.717) is 19.4 Å². The summed E-state index contributed by atoms with van der Waals surface area (Å²) in [5.41, 5.74) is 0. The van der Waals surface area contributed by atoms with Crippen LogP contribution in [0, 0.1) is 0 Å². The summed E-state index contributed by atoms with van der Waals surface area (Å²) in [6, 6.07) is 0. The first kappa shape index (κ1) is 23.1. The number of rotatable bonds is 12.